The zero-order valence-electron chi connectivity index (χ0n) is 8.94. The van der Waals surface area contributed by atoms with E-state index in [-0.39, 0.29) is 0 Å². The van der Waals surface area contributed by atoms with Gasteiger partial charge >= 0.3 is 0 Å². The molecule has 0 atom stereocenters. The van der Waals surface area contributed by atoms with Gasteiger partial charge in [-0.3, -0.25) is 0 Å². The predicted octanol–water partition coefficient (Wildman–Crippen LogP) is 1.34. The van der Waals surface area contributed by atoms with Crippen LogP contribution in [0.3, 0.4) is 0 Å². The van der Waals surface area contributed by atoms with E-state index in [4.69, 9.17) is 5.73 Å². The minimum absolute atomic E-state index is 0.452. The third kappa shape index (κ3) is 1.89. The lowest BCUT2D eigenvalue weighted by molar-refractivity contribution is 0.794. The molecule has 2 heterocycles. The monoisotopic (exact) mass is 202 g/mol. The Hall–Kier alpha value is -1.68. The molecule has 0 aliphatic heterocycles. The van der Waals surface area contributed by atoms with Crippen molar-refractivity contribution in [3.63, 3.8) is 0 Å². The summed E-state index contributed by atoms with van der Waals surface area (Å²) in [6.45, 7) is 4.43. The molecule has 0 bridgehead atoms. The smallest absolute Gasteiger partial charge is 0.153 e. The third-order valence-electron chi connectivity index (χ3n) is 2.23. The highest BCUT2D eigenvalue weighted by Gasteiger charge is 2.04. The van der Waals surface area contributed by atoms with E-state index < -0.39 is 0 Å². The molecule has 2 N–H and O–H groups in total. The molecule has 0 aliphatic rings. The molecular weight excluding hydrogens is 188 g/mol. The third-order valence-corrected chi connectivity index (χ3v) is 2.23. The SMILES string of the molecule is Cc1cc(C)n(-c2cccc(CN)n2)n1. The average molecular weight is 202 g/mol. The Morgan fingerprint density at radius 3 is 2.73 bits per heavy atom. The quantitative estimate of drug-likeness (QED) is 0.799. The van der Waals surface area contributed by atoms with Gasteiger partial charge in [0.05, 0.1) is 11.4 Å². The first kappa shape index (κ1) is 9.86. The van der Waals surface area contributed by atoms with Gasteiger partial charge in [0.15, 0.2) is 5.82 Å². The Bertz CT molecular complexity index is 473. The molecule has 2 rings (SSSR count). The molecular formula is C11H14N4. The fraction of sp³-hybridized carbons (Fsp3) is 0.273. The second kappa shape index (κ2) is 3.82. The molecule has 0 aliphatic carbocycles. The molecule has 2 aromatic heterocycles. The van der Waals surface area contributed by atoms with Crippen molar-refractivity contribution >= 4 is 0 Å². The fourth-order valence-electron chi connectivity index (χ4n) is 1.56. The van der Waals surface area contributed by atoms with Gasteiger partial charge in [0, 0.05) is 12.2 Å². The number of pyridine rings is 1. The second-order valence-electron chi connectivity index (χ2n) is 3.53. The topological polar surface area (TPSA) is 56.7 Å². The zero-order chi connectivity index (χ0) is 10.8. The van der Waals surface area contributed by atoms with Crippen LogP contribution in [0.1, 0.15) is 17.1 Å². The summed E-state index contributed by atoms with van der Waals surface area (Å²) in [5.41, 5.74) is 8.49. The van der Waals surface area contributed by atoms with Crippen LogP contribution >= 0.6 is 0 Å². The van der Waals surface area contributed by atoms with Crippen LogP contribution in [0, 0.1) is 13.8 Å². The van der Waals surface area contributed by atoms with Gasteiger partial charge in [-0.15, -0.1) is 0 Å². The van der Waals surface area contributed by atoms with Crippen molar-refractivity contribution in [1.82, 2.24) is 14.8 Å². The summed E-state index contributed by atoms with van der Waals surface area (Å²) in [6, 6.07) is 7.81. The standard InChI is InChI=1S/C11H14N4/c1-8-6-9(2)15(14-8)11-5-3-4-10(7-12)13-11/h3-6H,7,12H2,1-2H3. The number of aromatic nitrogens is 3. The maximum absolute atomic E-state index is 5.55. The van der Waals surface area contributed by atoms with Crippen molar-refractivity contribution in [2.75, 3.05) is 0 Å². The van der Waals surface area contributed by atoms with Crippen LogP contribution in [0.15, 0.2) is 24.3 Å². The summed E-state index contributed by atoms with van der Waals surface area (Å²) in [6.07, 6.45) is 0. The first-order valence-electron chi connectivity index (χ1n) is 4.90. The lowest BCUT2D eigenvalue weighted by atomic mass is 10.3. The zero-order valence-corrected chi connectivity index (χ0v) is 8.94. The molecule has 0 amide bonds. The van der Waals surface area contributed by atoms with E-state index in [1.54, 1.807) is 0 Å². The lowest BCUT2D eigenvalue weighted by Gasteiger charge is -2.04. The average Bonchev–Trinajstić information content (AvgIpc) is 2.58. The summed E-state index contributed by atoms with van der Waals surface area (Å²) in [5.74, 6) is 0.823. The van der Waals surface area contributed by atoms with Crippen LogP contribution in [0.5, 0.6) is 0 Å². The Morgan fingerprint density at radius 1 is 1.33 bits per heavy atom. The summed E-state index contributed by atoms with van der Waals surface area (Å²) in [5, 5.41) is 4.37. The van der Waals surface area contributed by atoms with Crippen molar-refractivity contribution in [1.29, 1.82) is 0 Å². The normalized spacial score (nSPS) is 10.6. The highest BCUT2D eigenvalue weighted by atomic mass is 15.3. The Labute approximate surface area is 88.8 Å². The van der Waals surface area contributed by atoms with Crippen LogP contribution in [-0.2, 0) is 6.54 Å². The van der Waals surface area contributed by atoms with Crippen LogP contribution in [0.2, 0.25) is 0 Å². The summed E-state index contributed by atoms with van der Waals surface area (Å²) < 4.78 is 1.83. The van der Waals surface area contributed by atoms with Gasteiger partial charge in [-0.25, -0.2) is 9.67 Å². The van der Waals surface area contributed by atoms with E-state index >= 15 is 0 Å². The number of nitrogens with zero attached hydrogens (tertiary/aromatic N) is 3. The van der Waals surface area contributed by atoms with E-state index in [1.807, 2.05) is 42.8 Å². The Kier molecular flexibility index (Phi) is 2.51. The first-order chi connectivity index (χ1) is 7.20. The summed E-state index contributed by atoms with van der Waals surface area (Å²) in [4.78, 5) is 4.41. The largest absolute Gasteiger partial charge is 0.325 e. The molecule has 4 nitrogen and oxygen atoms in total. The van der Waals surface area contributed by atoms with Gasteiger partial charge in [0.1, 0.15) is 0 Å². The fourth-order valence-corrected chi connectivity index (χ4v) is 1.56. The van der Waals surface area contributed by atoms with Crippen molar-refractivity contribution in [3.05, 3.63) is 41.3 Å². The van der Waals surface area contributed by atoms with E-state index in [0.717, 1.165) is 22.9 Å². The molecule has 0 unspecified atom stereocenters. The number of rotatable bonds is 2. The summed E-state index contributed by atoms with van der Waals surface area (Å²) in [7, 11) is 0. The van der Waals surface area contributed by atoms with Crippen molar-refractivity contribution < 1.29 is 0 Å². The Morgan fingerprint density at radius 2 is 2.13 bits per heavy atom. The highest BCUT2D eigenvalue weighted by molar-refractivity contribution is 5.27. The molecule has 0 spiro atoms. The molecule has 0 fully saturated rings. The van der Waals surface area contributed by atoms with Gasteiger partial charge in [-0.2, -0.15) is 5.10 Å². The van der Waals surface area contributed by atoms with Gasteiger partial charge < -0.3 is 5.73 Å². The van der Waals surface area contributed by atoms with Crippen LogP contribution < -0.4 is 5.73 Å². The number of nitrogens with two attached hydrogens (primary N) is 1. The van der Waals surface area contributed by atoms with Crippen LogP contribution in [0.4, 0.5) is 0 Å². The molecule has 0 saturated heterocycles. The Balaban J connectivity index is 2.49. The van der Waals surface area contributed by atoms with Crippen LogP contribution in [-0.4, -0.2) is 14.8 Å². The van der Waals surface area contributed by atoms with Gasteiger partial charge in [0.2, 0.25) is 0 Å². The molecule has 4 heteroatoms. The minimum atomic E-state index is 0.452. The number of hydrogen-bond acceptors (Lipinski definition) is 3. The number of hydrogen-bond donors (Lipinski definition) is 1. The maximum atomic E-state index is 5.55. The van der Waals surface area contributed by atoms with E-state index in [2.05, 4.69) is 10.1 Å². The molecule has 15 heavy (non-hydrogen) atoms. The van der Waals surface area contributed by atoms with Crippen molar-refractivity contribution in [2.45, 2.75) is 20.4 Å². The minimum Gasteiger partial charge on any atom is -0.325 e. The van der Waals surface area contributed by atoms with Crippen molar-refractivity contribution in [3.8, 4) is 5.82 Å². The lowest BCUT2D eigenvalue weighted by Crippen LogP contribution is -2.06. The van der Waals surface area contributed by atoms with E-state index in [9.17, 15) is 0 Å². The molecule has 0 aromatic carbocycles. The predicted molar refractivity (Wildman–Crippen MR) is 58.7 cm³/mol. The molecule has 0 saturated carbocycles. The second-order valence-corrected chi connectivity index (χ2v) is 3.53. The maximum Gasteiger partial charge on any atom is 0.153 e. The van der Waals surface area contributed by atoms with E-state index in [1.165, 1.54) is 0 Å². The molecule has 2 aromatic rings. The molecule has 0 radical (unpaired) electrons. The molecule has 78 valence electrons. The highest BCUT2D eigenvalue weighted by Crippen LogP contribution is 2.09. The van der Waals surface area contributed by atoms with Crippen LogP contribution in [0.25, 0.3) is 5.82 Å². The van der Waals surface area contributed by atoms with E-state index in [0.29, 0.717) is 6.54 Å². The first-order valence-corrected chi connectivity index (χ1v) is 4.90. The summed E-state index contributed by atoms with van der Waals surface area (Å²) >= 11 is 0. The van der Waals surface area contributed by atoms with Gasteiger partial charge in [0.25, 0.3) is 0 Å². The van der Waals surface area contributed by atoms with Gasteiger partial charge in [-0.05, 0) is 32.0 Å². The van der Waals surface area contributed by atoms with Crippen molar-refractivity contribution in [2.24, 2.45) is 5.73 Å². The number of aryl methyl sites for hydroxylation is 2. The van der Waals surface area contributed by atoms with Gasteiger partial charge in [-0.1, -0.05) is 6.07 Å².